The van der Waals surface area contributed by atoms with Gasteiger partial charge in [-0.3, -0.25) is 4.79 Å². The van der Waals surface area contributed by atoms with Gasteiger partial charge < -0.3 is 4.98 Å². The Labute approximate surface area is 121 Å². The summed E-state index contributed by atoms with van der Waals surface area (Å²) in [6.07, 6.45) is 1.70. The minimum Gasteiger partial charge on any atom is -0.360 e. The quantitative estimate of drug-likeness (QED) is 0.529. The first-order chi connectivity index (χ1) is 9.74. The van der Waals surface area contributed by atoms with E-state index >= 15 is 0 Å². The molecule has 0 fully saturated rings. The molecule has 0 atom stereocenters. The Bertz CT molecular complexity index is 835. The molecule has 0 aliphatic rings. The molecule has 0 bridgehead atoms. The van der Waals surface area contributed by atoms with Gasteiger partial charge in [-0.05, 0) is 36.3 Å². The van der Waals surface area contributed by atoms with Crippen molar-refractivity contribution in [1.29, 1.82) is 0 Å². The van der Waals surface area contributed by atoms with Crippen LogP contribution in [0.4, 0.5) is 0 Å². The van der Waals surface area contributed by atoms with Crippen LogP contribution in [-0.2, 0) is 0 Å². The molecule has 0 spiro atoms. The zero-order valence-corrected chi connectivity index (χ0v) is 11.2. The third kappa shape index (κ3) is 2.45. The van der Waals surface area contributed by atoms with Crippen LogP contribution in [0.5, 0.6) is 0 Å². The second kappa shape index (κ2) is 5.24. The molecule has 0 aliphatic heterocycles. The number of halogens is 1. The maximum atomic E-state index is 12.1. The van der Waals surface area contributed by atoms with E-state index in [4.69, 9.17) is 11.6 Å². The third-order valence-corrected chi connectivity index (χ3v) is 3.25. The molecule has 0 amide bonds. The molecule has 2 aromatic carbocycles. The lowest BCUT2D eigenvalue weighted by atomic mass is 10.1. The fourth-order valence-corrected chi connectivity index (χ4v) is 2.11. The molecule has 0 saturated carbocycles. The van der Waals surface area contributed by atoms with Crippen LogP contribution >= 0.6 is 11.6 Å². The van der Waals surface area contributed by atoms with Crippen molar-refractivity contribution in [1.82, 2.24) is 4.98 Å². The van der Waals surface area contributed by atoms with Gasteiger partial charge in [0.25, 0.3) is 0 Å². The number of Topliss-reactive ketones (excluding diaryl/α,β-unsaturated/α-hetero) is 1. The number of para-hydroxylation sites is 1. The lowest BCUT2D eigenvalue weighted by Gasteiger charge is -1.92. The fourth-order valence-electron chi connectivity index (χ4n) is 1.99. The number of H-pyrrole nitrogens is 1. The van der Waals surface area contributed by atoms with Crippen molar-refractivity contribution in [2.45, 2.75) is 0 Å². The molecule has 0 radical (unpaired) electrons. The Hall–Kier alpha value is -2.50. The van der Waals surface area contributed by atoms with Crippen molar-refractivity contribution in [2.24, 2.45) is 0 Å². The van der Waals surface area contributed by atoms with E-state index in [0.29, 0.717) is 10.6 Å². The minimum atomic E-state index is -0.197. The number of aromatic amines is 1. The number of hydrogen-bond acceptors (Lipinski definition) is 1. The number of aromatic nitrogens is 1. The van der Waals surface area contributed by atoms with E-state index < -0.39 is 0 Å². The molecule has 1 aromatic heterocycles. The van der Waals surface area contributed by atoms with Crippen molar-refractivity contribution < 1.29 is 4.79 Å². The molecule has 3 heteroatoms. The first-order valence-electron chi connectivity index (χ1n) is 6.12. The van der Waals surface area contributed by atoms with Gasteiger partial charge in [0.05, 0.1) is 5.56 Å². The zero-order valence-electron chi connectivity index (χ0n) is 10.5. The van der Waals surface area contributed by atoms with Gasteiger partial charge >= 0.3 is 0 Å². The lowest BCUT2D eigenvalue weighted by molar-refractivity contribution is 0.105. The predicted octanol–water partition coefficient (Wildman–Crippen LogP) is 4.06. The highest BCUT2D eigenvalue weighted by atomic mass is 35.5. The molecule has 1 N–H and O–H groups in total. The topological polar surface area (TPSA) is 32.9 Å². The summed E-state index contributed by atoms with van der Waals surface area (Å²) < 4.78 is 0. The normalized spacial score (nSPS) is 10.1. The Kier molecular flexibility index (Phi) is 3.28. The van der Waals surface area contributed by atoms with E-state index in [0.717, 1.165) is 16.5 Å². The van der Waals surface area contributed by atoms with Gasteiger partial charge in [0.1, 0.15) is 0 Å². The van der Waals surface area contributed by atoms with Crippen LogP contribution in [-0.4, -0.2) is 10.8 Å². The second-order valence-electron chi connectivity index (χ2n) is 4.33. The summed E-state index contributed by atoms with van der Waals surface area (Å²) in [5.41, 5.74) is 2.30. The molecular weight excluding hydrogens is 270 g/mol. The van der Waals surface area contributed by atoms with Crippen LogP contribution in [0.15, 0.2) is 54.7 Å². The SMILES string of the molecule is O=C(C#Cc1ccc(Cl)cc1)c1c[nH]c2ccccc12. The largest absolute Gasteiger partial charge is 0.360 e. The number of fused-ring (bicyclic) bond motifs is 1. The first kappa shape index (κ1) is 12.5. The number of ketones is 1. The van der Waals surface area contributed by atoms with Gasteiger partial charge in [-0.2, -0.15) is 0 Å². The number of rotatable bonds is 1. The Morgan fingerprint density at radius 2 is 1.80 bits per heavy atom. The van der Waals surface area contributed by atoms with E-state index in [1.165, 1.54) is 0 Å². The molecule has 3 rings (SSSR count). The number of carbonyl (C=O) groups excluding carboxylic acids is 1. The fraction of sp³-hybridized carbons (Fsp3) is 0. The average Bonchev–Trinajstić information content (AvgIpc) is 2.90. The minimum absolute atomic E-state index is 0.197. The Morgan fingerprint density at radius 3 is 2.60 bits per heavy atom. The van der Waals surface area contributed by atoms with Crippen LogP contribution in [0, 0.1) is 11.8 Å². The summed E-state index contributed by atoms with van der Waals surface area (Å²) in [6.45, 7) is 0. The maximum Gasteiger partial charge on any atom is 0.238 e. The highest BCUT2D eigenvalue weighted by Crippen LogP contribution is 2.17. The van der Waals surface area contributed by atoms with Crippen molar-refractivity contribution in [2.75, 3.05) is 0 Å². The van der Waals surface area contributed by atoms with Crippen molar-refractivity contribution >= 4 is 28.3 Å². The van der Waals surface area contributed by atoms with Gasteiger partial charge in [0.15, 0.2) is 0 Å². The number of benzene rings is 2. The van der Waals surface area contributed by atoms with Crippen molar-refractivity contribution in [3.05, 3.63) is 70.9 Å². The summed E-state index contributed by atoms with van der Waals surface area (Å²) in [5.74, 6) is 5.32. The molecule has 2 nitrogen and oxygen atoms in total. The molecular formula is C17H10ClNO. The van der Waals surface area contributed by atoms with Gasteiger partial charge in [-0.15, -0.1) is 0 Å². The average molecular weight is 280 g/mol. The Balaban J connectivity index is 1.92. The van der Waals surface area contributed by atoms with E-state index in [9.17, 15) is 4.79 Å². The van der Waals surface area contributed by atoms with Crippen molar-refractivity contribution in [3.63, 3.8) is 0 Å². The van der Waals surface area contributed by atoms with Gasteiger partial charge in [0, 0.05) is 27.7 Å². The summed E-state index contributed by atoms with van der Waals surface area (Å²) in [6, 6.07) is 14.7. The molecule has 3 aromatic rings. The van der Waals surface area contributed by atoms with Crippen molar-refractivity contribution in [3.8, 4) is 11.8 Å². The second-order valence-corrected chi connectivity index (χ2v) is 4.77. The predicted molar refractivity (Wildman–Crippen MR) is 81.0 cm³/mol. The molecule has 96 valence electrons. The first-order valence-corrected chi connectivity index (χ1v) is 6.50. The van der Waals surface area contributed by atoms with Crippen LogP contribution in [0.2, 0.25) is 5.02 Å². The standard InChI is InChI=1S/C17H10ClNO/c18-13-8-5-12(6-9-13)7-10-17(20)15-11-19-16-4-2-1-3-14(15)16/h1-6,8-9,11,19H. The smallest absolute Gasteiger partial charge is 0.238 e. The van der Waals surface area contributed by atoms with E-state index in [1.54, 1.807) is 30.5 Å². The van der Waals surface area contributed by atoms with Gasteiger partial charge in [0.2, 0.25) is 5.78 Å². The summed E-state index contributed by atoms with van der Waals surface area (Å²) in [7, 11) is 0. The monoisotopic (exact) mass is 279 g/mol. The molecule has 1 heterocycles. The number of carbonyl (C=O) groups is 1. The Morgan fingerprint density at radius 1 is 1.05 bits per heavy atom. The molecule has 0 saturated heterocycles. The number of nitrogens with one attached hydrogen (secondary N) is 1. The lowest BCUT2D eigenvalue weighted by Crippen LogP contribution is -1.93. The highest BCUT2D eigenvalue weighted by molar-refractivity contribution is 6.30. The summed E-state index contributed by atoms with van der Waals surface area (Å²) in [4.78, 5) is 15.2. The maximum absolute atomic E-state index is 12.1. The summed E-state index contributed by atoms with van der Waals surface area (Å²) in [5, 5.41) is 1.54. The van der Waals surface area contributed by atoms with Crippen LogP contribution < -0.4 is 0 Å². The van der Waals surface area contributed by atoms with E-state index in [1.807, 2.05) is 24.3 Å². The van der Waals surface area contributed by atoms with Crippen LogP contribution in [0.1, 0.15) is 15.9 Å². The molecule has 0 unspecified atom stereocenters. The number of hydrogen-bond donors (Lipinski definition) is 1. The zero-order chi connectivity index (χ0) is 13.9. The van der Waals surface area contributed by atoms with E-state index in [-0.39, 0.29) is 5.78 Å². The third-order valence-electron chi connectivity index (χ3n) is 3.00. The highest BCUT2D eigenvalue weighted by Gasteiger charge is 2.08. The van der Waals surface area contributed by atoms with Gasteiger partial charge in [-0.1, -0.05) is 35.7 Å². The molecule has 20 heavy (non-hydrogen) atoms. The summed E-state index contributed by atoms with van der Waals surface area (Å²) >= 11 is 5.80. The van der Waals surface area contributed by atoms with Crippen LogP contribution in [0.3, 0.4) is 0 Å². The van der Waals surface area contributed by atoms with Gasteiger partial charge in [-0.25, -0.2) is 0 Å². The molecule has 0 aliphatic carbocycles. The van der Waals surface area contributed by atoms with E-state index in [2.05, 4.69) is 16.8 Å². The van der Waals surface area contributed by atoms with Crippen LogP contribution in [0.25, 0.3) is 10.9 Å².